The zero-order valence-electron chi connectivity index (χ0n) is 15.7. The molecule has 0 radical (unpaired) electrons. The van der Waals surface area contributed by atoms with Gasteiger partial charge in [0.15, 0.2) is 0 Å². The highest BCUT2D eigenvalue weighted by molar-refractivity contribution is 9.10. The number of pyridine rings is 1. The van der Waals surface area contributed by atoms with Crippen LogP contribution in [0.25, 0.3) is 5.65 Å². The lowest BCUT2D eigenvalue weighted by Crippen LogP contribution is -2.48. The highest BCUT2D eigenvalue weighted by Crippen LogP contribution is 2.25. The smallest absolute Gasteiger partial charge is 0.274 e. The number of piperidine rings is 1. The molecular weight excluding hydrogens is 416 g/mol. The van der Waals surface area contributed by atoms with E-state index in [0.717, 1.165) is 55.6 Å². The lowest BCUT2D eigenvalue weighted by atomic mass is 9.95. The van der Waals surface area contributed by atoms with Gasteiger partial charge >= 0.3 is 0 Å². The number of likely N-dealkylation sites (tertiary alicyclic amines) is 1. The first-order chi connectivity index (χ1) is 13.7. The summed E-state index contributed by atoms with van der Waals surface area (Å²) in [6.07, 6.45) is 6.96. The highest BCUT2D eigenvalue weighted by atomic mass is 79.9. The first-order valence-corrected chi connectivity index (χ1v) is 10.7. The van der Waals surface area contributed by atoms with E-state index in [-0.39, 0.29) is 5.91 Å². The van der Waals surface area contributed by atoms with Gasteiger partial charge in [0.05, 0.1) is 0 Å². The van der Waals surface area contributed by atoms with Gasteiger partial charge in [-0.25, -0.2) is 4.98 Å². The van der Waals surface area contributed by atoms with Gasteiger partial charge in [0, 0.05) is 49.1 Å². The van der Waals surface area contributed by atoms with Crippen LogP contribution in [-0.4, -0.2) is 50.8 Å². The monoisotopic (exact) mass is 438 g/mol. The molecule has 3 aromatic rings. The summed E-state index contributed by atoms with van der Waals surface area (Å²) in [5.74, 6) is 0.0438. The molecule has 144 valence electrons. The van der Waals surface area contributed by atoms with Crippen LogP contribution < -0.4 is 0 Å². The van der Waals surface area contributed by atoms with Gasteiger partial charge in [-0.1, -0.05) is 24.3 Å². The minimum Gasteiger partial charge on any atom is -0.337 e. The molecule has 1 fully saturated rings. The summed E-state index contributed by atoms with van der Waals surface area (Å²) in [6, 6.07) is 13.2. The minimum atomic E-state index is 0.0438. The Balaban J connectivity index is 1.23. The number of carbonyl (C=O) groups excluding carboxylic acids is 1. The molecule has 0 saturated carbocycles. The molecule has 0 atom stereocenters. The zero-order chi connectivity index (χ0) is 19.1. The Labute approximate surface area is 173 Å². The predicted octanol–water partition coefficient (Wildman–Crippen LogP) is 3.76. The molecule has 1 saturated heterocycles. The predicted molar refractivity (Wildman–Crippen MR) is 112 cm³/mol. The third kappa shape index (κ3) is 3.35. The molecule has 4 heterocycles. The molecular formula is C22H23BrN4O. The Kier molecular flexibility index (Phi) is 4.69. The van der Waals surface area contributed by atoms with Crippen molar-refractivity contribution in [3.05, 3.63) is 70.1 Å². The van der Waals surface area contributed by atoms with Crippen LogP contribution in [0.5, 0.6) is 0 Å². The van der Waals surface area contributed by atoms with Crippen LogP contribution in [0.1, 0.15) is 34.5 Å². The van der Waals surface area contributed by atoms with Gasteiger partial charge in [0.1, 0.15) is 11.3 Å². The van der Waals surface area contributed by atoms with Crippen molar-refractivity contribution < 1.29 is 4.79 Å². The van der Waals surface area contributed by atoms with E-state index in [1.165, 1.54) is 11.1 Å². The molecule has 0 bridgehead atoms. The number of hydrogen-bond acceptors (Lipinski definition) is 3. The van der Waals surface area contributed by atoms with Crippen molar-refractivity contribution in [3.8, 4) is 0 Å². The maximum absolute atomic E-state index is 12.9. The number of benzene rings is 1. The maximum atomic E-state index is 12.9. The van der Waals surface area contributed by atoms with Crippen molar-refractivity contribution in [2.45, 2.75) is 31.8 Å². The van der Waals surface area contributed by atoms with Crippen LogP contribution in [0.2, 0.25) is 0 Å². The lowest BCUT2D eigenvalue weighted by Gasteiger charge is -2.40. The summed E-state index contributed by atoms with van der Waals surface area (Å²) >= 11 is 3.46. The van der Waals surface area contributed by atoms with Crippen molar-refractivity contribution >= 4 is 27.5 Å². The topological polar surface area (TPSA) is 40.9 Å². The molecule has 2 aliphatic heterocycles. The summed E-state index contributed by atoms with van der Waals surface area (Å²) in [5, 5.41) is 0. The van der Waals surface area contributed by atoms with E-state index in [9.17, 15) is 4.79 Å². The van der Waals surface area contributed by atoms with E-state index < -0.39 is 0 Å². The Morgan fingerprint density at radius 2 is 1.79 bits per heavy atom. The number of halogens is 1. The molecule has 0 N–H and O–H groups in total. The Morgan fingerprint density at radius 1 is 1.00 bits per heavy atom. The summed E-state index contributed by atoms with van der Waals surface area (Å²) < 4.78 is 2.87. The fourth-order valence-corrected chi connectivity index (χ4v) is 4.85. The van der Waals surface area contributed by atoms with E-state index in [1.54, 1.807) is 0 Å². The Hall–Kier alpha value is -2.18. The van der Waals surface area contributed by atoms with Crippen LogP contribution in [0, 0.1) is 0 Å². The number of carbonyl (C=O) groups is 1. The molecule has 0 aliphatic carbocycles. The number of amides is 1. The van der Waals surface area contributed by atoms with E-state index in [4.69, 9.17) is 0 Å². The molecule has 0 unspecified atom stereocenters. The van der Waals surface area contributed by atoms with Crippen molar-refractivity contribution in [2.75, 3.05) is 19.6 Å². The van der Waals surface area contributed by atoms with Gasteiger partial charge in [0.25, 0.3) is 5.91 Å². The number of aromatic nitrogens is 2. The van der Waals surface area contributed by atoms with E-state index in [1.807, 2.05) is 33.8 Å². The second-order valence-electron chi connectivity index (χ2n) is 7.75. The van der Waals surface area contributed by atoms with E-state index in [0.29, 0.717) is 11.7 Å². The molecule has 5 nitrogen and oxygen atoms in total. The highest BCUT2D eigenvalue weighted by Gasteiger charge is 2.30. The first kappa shape index (κ1) is 17.9. The van der Waals surface area contributed by atoms with Crippen LogP contribution in [-0.2, 0) is 13.0 Å². The molecule has 1 amide bonds. The van der Waals surface area contributed by atoms with Crippen LogP contribution in [0.15, 0.2) is 53.3 Å². The van der Waals surface area contributed by atoms with Crippen LogP contribution >= 0.6 is 15.9 Å². The van der Waals surface area contributed by atoms with E-state index in [2.05, 4.69) is 50.1 Å². The number of hydrogen-bond donors (Lipinski definition) is 0. The van der Waals surface area contributed by atoms with Gasteiger partial charge < -0.3 is 9.30 Å². The van der Waals surface area contributed by atoms with Crippen LogP contribution in [0.3, 0.4) is 0 Å². The van der Waals surface area contributed by atoms with Crippen molar-refractivity contribution in [1.29, 1.82) is 0 Å². The van der Waals surface area contributed by atoms with Crippen molar-refractivity contribution in [1.82, 2.24) is 19.2 Å². The summed E-state index contributed by atoms with van der Waals surface area (Å²) in [7, 11) is 0. The number of nitrogens with zero attached hydrogens (tertiary/aromatic N) is 4. The quantitative estimate of drug-likeness (QED) is 0.611. The van der Waals surface area contributed by atoms with Gasteiger partial charge in [-0.05, 0) is 58.5 Å². The third-order valence-electron chi connectivity index (χ3n) is 6.06. The van der Waals surface area contributed by atoms with Crippen LogP contribution in [0.4, 0.5) is 0 Å². The Morgan fingerprint density at radius 3 is 2.61 bits per heavy atom. The molecule has 2 aliphatic rings. The molecule has 28 heavy (non-hydrogen) atoms. The Bertz CT molecular complexity index is 1020. The minimum absolute atomic E-state index is 0.0438. The van der Waals surface area contributed by atoms with Gasteiger partial charge in [-0.3, -0.25) is 9.69 Å². The standard InChI is InChI=1S/C22H23BrN4O/c23-18-5-6-21-24-20(15-27(21)14-18)22(28)25-11-8-19(9-12-25)26-10-7-16-3-1-2-4-17(16)13-26/h1-6,14-15,19H,7-13H2. The molecule has 5 rings (SSSR count). The van der Waals surface area contributed by atoms with E-state index >= 15 is 0 Å². The largest absolute Gasteiger partial charge is 0.337 e. The summed E-state index contributed by atoms with van der Waals surface area (Å²) in [4.78, 5) is 22.0. The first-order valence-electron chi connectivity index (χ1n) is 9.92. The fourth-order valence-electron chi connectivity index (χ4n) is 4.49. The average molecular weight is 439 g/mol. The molecule has 0 spiro atoms. The number of rotatable bonds is 2. The SMILES string of the molecule is O=C(c1cn2cc(Br)ccc2n1)N1CCC(N2CCc3ccccc3C2)CC1. The molecule has 1 aromatic carbocycles. The van der Waals surface area contributed by atoms with Crippen molar-refractivity contribution in [2.24, 2.45) is 0 Å². The maximum Gasteiger partial charge on any atom is 0.274 e. The normalized spacial score (nSPS) is 18.4. The third-order valence-corrected chi connectivity index (χ3v) is 6.53. The molecule has 6 heteroatoms. The van der Waals surface area contributed by atoms with Crippen molar-refractivity contribution in [3.63, 3.8) is 0 Å². The summed E-state index contributed by atoms with van der Waals surface area (Å²) in [5.41, 5.74) is 4.28. The second-order valence-corrected chi connectivity index (χ2v) is 8.67. The fraction of sp³-hybridized carbons (Fsp3) is 0.364. The number of fused-ring (bicyclic) bond motifs is 2. The molecule has 2 aromatic heterocycles. The second kappa shape index (κ2) is 7.33. The average Bonchev–Trinajstić information content (AvgIpc) is 3.16. The van der Waals surface area contributed by atoms with Gasteiger partial charge in [0.2, 0.25) is 0 Å². The lowest BCUT2D eigenvalue weighted by molar-refractivity contribution is 0.0595. The zero-order valence-corrected chi connectivity index (χ0v) is 17.3. The van der Waals surface area contributed by atoms with Gasteiger partial charge in [-0.15, -0.1) is 0 Å². The summed E-state index contributed by atoms with van der Waals surface area (Å²) in [6.45, 7) is 3.77. The van der Waals surface area contributed by atoms with Gasteiger partial charge in [-0.2, -0.15) is 0 Å². The number of imidazole rings is 1.